The summed E-state index contributed by atoms with van der Waals surface area (Å²) in [6.07, 6.45) is 0.384. The summed E-state index contributed by atoms with van der Waals surface area (Å²) in [5, 5.41) is 3.52. The number of amides is 1. The molecule has 1 amide bonds. The average Bonchev–Trinajstić information content (AvgIpc) is 2.80. The van der Waals surface area contributed by atoms with Gasteiger partial charge in [-0.1, -0.05) is 23.7 Å². The summed E-state index contributed by atoms with van der Waals surface area (Å²) in [6.45, 7) is 3.15. The summed E-state index contributed by atoms with van der Waals surface area (Å²) in [7, 11) is 0. The van der Waals surface area contributed by atoms with E-state index in [1.807, 2.05) is 30.5 Å². The van der Waals surface area contributed by atoms with E-state index in [0.29, 0.717) is 30.3 Å². The van der Waals surface area contributed by atoms with Gasteiger partial charge in [-0.15, -0.1) is 11.3 Å². The molecule has 0 saturated carbocycles. The van der Waals surface area contributed by atoms with Gasteiger partial charge in [0.1, 0.15) is 11.9 Å². The zero-order valence-electron chi connectivity index (χ0n) is 11.6. The number of nitrogens with zero attached hydrogens (tertiary/aromatic N) is 2. The number of rotatable bonds is 4. The molecule has 0 spiro atoms. The maximum absolute atomic E-state index is 12.1. The van der Waals surface area contributed by atoms with E-state index in [4.69, 9.17) is 16.3 Å². The molecule has 1 aromatic carbocycles. The lowest BCUT2D eigenvalue weighted by Crippen LogP contribution is -2.56. The van der Waals surface area contributed by atoms with Crippen molar-refractivity contribution >= 4 is 28.8 Å². The topological polar surface area (TPSA) is 42.4 Å². The third-order valence-corrected chi connectivity index (χ3v) is 4.46. The minimum Gasteiger partial charge on any atom is -0.485 e. The number of halogens is 1. The van der Waals surface area contributed by atoms with Gasteiger partial charge >= 0.3 is 0 Å². The van der Waals surface area contributed by atoms with Crippen molar-refractivity contribution in [3.63, 3.8) is 0 Å². The van der Waals surface area contributed by atoms with E-state index >= 15 is 0 Å². The molecule has 0 bridgehead atoms. The fourth-order valence-electron chi connectivity index (χ4n) is 2.19. The minimum absolute atomic E-state index is 0.0195. The molecule has 1 aliphatic heterocycles. The van der Waals surface area contributed by atoms with Gasteiger partial charge in [-0.05, 0) is 19.1 Å². The quantitative estimate of drug-likeness (QED) is 0.869. The predicted octanol–water partition coefficient (Wildman–Crippen LogP) is 2.94. The first kappa shape index (κ1) is 14.4. The number of para-hydroxylation sites is 1. The Hall–Kier alpha value is -1.59. The molecule has 0 atom stereocenters. The lowest BCUT2D eigenvalue weighted by atomic mass is 10.1. The van der Waals surface area contributed by atoms with Gasteiger partial charge in [0.05, 0.1) is 35.2 Å². The number of hydrogen-bond acceptors (Lipinski definition) is 4. The number of likely N-dealkylation sites (tertiary alicyclic amines) is 1. The van der Waals surface area contributed by atoms with Crippen molar-refractivity contribution in [1.82, 2.24) is 9.88 Å². The highest BCUT2D eigenvalue weighted by Gasteiger charge is 2.32. The van der Waals surface area contributed by atoms with E-state index in [9.17, 15) is 4.79 Å². The number of ether oxygens (including phenoxy) is 1. The van der Waals surface area contributed by atoms with Crippen molar-refractivity contribution in [3.8, 4) is 5.75 Å². The molecule has 1 aromatic heterocycles. The van der Waals surface area contributed by atoms with E-state index in [-0.39, 0.29) is 12.0 Å². The molecule has 1 fully saturated rings. The number of aromatic nitrogens is 1. The Morgan fingerprint density at radius 2 is 2.24 bits per heavy atom. The van der Waals surface area contributed by atoms with Crippen LogP contribution in [0.5, 0.6) is 5.75 Å². The summed E-state index contributed by atoms with van der Waals surface area (Å²) in [6, 6.07) is 7.38. The van der Waals surface area contributed by atoms with Crippen LogP contribution in [0.25, 0.3) is 0 Å². The van der Waals surface area contributed by atoms with Gasteiger partial charge in [0.25, 0.3) is 0 Å². The fraction of sp³-hybridized carbons (Fsp3) is 0.333. The highest BCUT2D eigenvalue weighted by molar-refractivity contribution is 7.09. The first-order valence-corrected chi connectivity index (χ1v) is 7.97. The second-order valence-corrected chi connectivity index (χ2v) is 6.47. The normalized spacial score (nSPS) is 14.9. The fourth-order valence-corrected chi connectivity index (χ4v) is 2.99. The first-order chi connectivity index (χ1) is 10.1. The average molecular weight is 323 g/mol. The molecule has 1 aliphatic rings. The largest absolute Gasteiger partial charge is 0.485 e. The highest BCUT2D eigenvalue weighted by Crippen LogP contribution is 2.26. The Labute approximate surface area is 132 Å². The van der Waals surface area contributed by atoms with Gasteiger partial charge in [-0.25, -0.2) is 4.98 Å². The van der Waals surface area contributed by atoms with E-state index in [1.165, 1.54) is 0 Å². The number of thiazole rings is 1. The van der Waals surface area contributed by atoms with Crippen LogP contribution >= 0.6 is 22.9 Å². The van der Waals surface area contributed by atoms with Crippen LogP contribution in [0.1, 0.15) is 10.7 Å². The third kappa shape index (κ3) is 3.36. The molecule has 0 N–H and O–H groups in total. The van der Waals surface area contributed by atoms with Gasteiger partial charge in [0, 0.05) is 5.38 Å². The second-order valence-electron chi connectivity index (χ2n) is 5.00. The lowest BCUT2D eigenvalue weighted by Gasteiger charge is -2.39. The highest BCUT2D eigenvalue weighted by atomic mass is 35.5. The van der Waals surface area contributed by atoms with Gasteiger partial charge < -0.3 is 9.64 Å². The number of carbonyl (C=O) groups excluding carboxylic acids is 1. The maximum atomic E-state index is 12.1. The van der Waals surface area contributed by atoms with Gasteiger partial charge in [-0.3, -0.25) is 4.79 Å². The molecular weight excluding hydrogens is 308 g/mol. The molecule has 1 saturated heterocycles. The van der Waals surface area contributed by atoms with E-state index < -0.39 is 0 Å². The molecule has 110 valence electrons. The molecular formula is C15H15ClN2O2S. The van der Waals surface area contributed by atoms with Crippen LogP contribution in [-0.4, -0.2) is 35.0 Å². The van der Waals surface area contributed by atoms with Crippen LogP contribution in [0, 0.1) is 6.92 Å². The Bertz CT molecular complexity index is 653. The molecule has 6 heteroatoms. The van der Waals surface area contributed by atoms with Crippen LogP contribution in [-0.2, 0) is 11.2 Å². The predicted molar refractivity (Wildman–Crippen MR) is 83.0 cm³/mol. The Kier molecular flexibility index (Phi) is 4.12. The third-order valence-electron chi connectivity index (χ3n) is 3.33. The standard InChI is InChI=1S/C15H15ClN2O2S/c1-10-17-11(9-21-10)6-15(19)18-7-12(8-18)20-14-5-3-2-4-13(14)16/h2-5,9,12H,6-8H2,1H3. The van der Waals surface area contributed by atoms with Gasteiger partial charge in [-0.2, -0.15) is 0 Å². The molecule has 2 heterocycles. The van der Waals surface area contributed by atoms with Crippen molar-refractivity contribution in [3.05, 3.63) is 45.4 Å². The molecule has 2 aromatic rings. The van der Waals surface area contributed by atoms with E-state index in [2.05, 4.69) is 4.98 Å². The molecule has 0 aliphatic carbocycles. The van der Waals surface area contributed by atoms with Gasteiger partial charge in [0.2, 0.25) is 5.91 Å². The summed E-state index contributed by atoms with van der Waals surface area (Å²) < 4.78 is 5.78. The number of benzene rings is 1. The summed E-state index contributed by atoms with van der Waals surface area (Å²) in [5.74, 6) is 0.769. The number of carbonyl (C=O) groups is 1. The lowest BCUT2D eigenvalue weighted by molar-refractivity contribution is -0.139. The molecule has 4 nitrogen and oxygen atoms in total. The number of aryl methyl sites for hydroxylation is 1. The van der Waals surface area contributed by atoms with Crippen molar-refractivity contribution in [2.45, 2.75) is 19.4 Å². The van der Waals surface area contributed by atoms with Crippen LogP contribution in [0.15, 0.2) is 29.6 Å². The Morgan fingerprint density at radius 1 is 1.48 bits per heavy atom. The van der Waals surface area contributed by atoms with Crippen molar-refractivity contribution in [1.29, 1.82) is 0 Å². The zero-order valence-corrected chi connectivity index (χ0v) is 13.2. The molecule has 0 unspecified atom stereocenters. The van der Waals surface area contributed by atoms with Crippen LogP contribution in [0.3, 0.4) is 0 Å². The van der Waals surface area contributed by atoms with Gasteiger partial charge in [0.15, 0.2) is 0 Å². The van der Waals surface area contributed by atoms with Crippen molar-refractivity contribution in [2.24, 2.45) is 0 Å². The number of hydrogen-bond donors (Lipinski definition) is 0. The maximum Gasteiger partial charge on any atom is 0.228 e. The smallest absolute Gasteiger partial charge is 0.228 e. The van der Waals surface area contributed by atoms with E-state index in [0.717, 1.165) is 10.7 Å². The zero-order chi connectivity index (χ0) is 14.8. The van der Waals surface area contributed by atoms with Crippen molar-refractivity contribution < 1.29 is 9.53 Å². The monoisotopic (exact) mass is 322 g/mol. The molecule has 3 rings (SSSR count). The van der Waals surface area contributed by atoms with E-state index in [1.54, 1.807) is 22.3 Å². The summed E-state index contributed by atoms with van der Waals surface area (Å²) in [4.78, 5) is 18.2. The van der Waals surface area contributed by atoms with Crippen LogP contribution in [0.2, 0.25) is 5.02 Å². The van der Waals surface area contributed by atoms with Crippen LogP contribution < -0.4 is 4.74 Å². The first-order valence-electron chi connectivity index (χ1n) is 6.72. The summed E-state index contributed by atoms with van der Waals surface area (Å²) in [5.41, 5.74) is 0.845. The molecule has 0 radical (unpaired) electrons. The SMILES string of the molecule is Cc1nc(CC(=O)N2CC(Oc3ccccc3Cl)C2)cs1. The molecule has 21 heavy (non-hydrogen) atoms. The van der Waals surface area contributed by atoms with Crippen molar-refractivity contribution in [2.75, 3.05) is 13.1 Å². The van der Waals surface area contributed by atoms with Crippen LogP contribution in [0.4, 0.5) is 0 Å². The Balaban J connectivity index is 1.49. The minimum atomic E-state index is 0.0195. The Morgan fingerprint density at radius 3 is 2.90 bits per heavy atom. The summed E-state index contributed by atoms with van der Waals surface area (Å²) >= 11 is 7.61. The second kappa shape index (κ2) is 6.03.